The lowest BCUT2D eigenvalue weighted by Crippen LogP contribution is -2.36. The molecule has 2 N–H and O–H groups in total. The Morgan fingerprint density at radius 3 is 2.52 bits per heavy atom. The Labute approximate surface area is 165 Å². The molecule has 25 heavy (non-hydrogen) atoms. The van der Waals surface area contributed by atoms with Crippen molar-refractivity contribution in [2.45, 2.75) is 59.5 Å². The molecule has 0 radical (unpaired) electrons. The zero-order valence-corrected chi connectivity index (χ0v) is 17.5. The van der Waals surface area contributed by atoms with E-state index in [0.29, 0.717) is 36.7 Å². The lowest BCUT2D eigenvalue weighted by Gasteiger charge is -2.09. The van der Waals surface area contributed by atoms with Crippen LogP contribution in [0.1, 0.15) is 62.7 Å². The van der Waals surface area contributed by atoms with Crippen molar-refractivity contribution in [2.24, 2.45) is 4.99 Å². The number of aromatic nitrogens is 3. The van der Waals surface area contributed by atoms with E-state index in [-0.39, 0.29) is 24.0 Å². The van der Waals surface area contributed by atoms with Gasteiger partial charge in [0.25, 0.3) is 0 Å². The first kappa shape index (κ1) is 21.4. The van der Waals surface area contributed by atoms with Crippen LogP contribution in [0.25, 0.3) is 0 Å². The average Bonchev–Trinajstić information content (AvgIpc) is 3.21. The van der Waals surface area contributed by atoms with E-state index in [9.17, 15) is 0 Å². The van der Waals surface area contributed by atoms with Gasteiger partial charge in [0.15, 0.2) is 17.5 Å². The van der Waals surface area contributed by atoms with E-state index in [1.807, 2.05) is 13.0 Å². The molecule has 2 aromatic heterocycles. The molecule has 140 valence electrons. The summed E-state index contributed by atoms with van der Waals surface area (Å²) >= 11 is 0. The Kier molecular flexibility index (Phi) is 9.46. The molecule has 0 saturated carbocycles. The van der Waals surface area contributed by atoms with E-state index in [0.717, 1.165) is 30.8 Å². The highest BCUT2D eigenvalue weighted by Gasteiger charge is 2.13. The van der Waals surface area contributed by atoms with Crippen molar-refractivity contribution in [3.8, 4) is 0 Å². The average molecular weight is 462 g/mol. The normalized spacial score (nSPS) is 11.5. The van der Waals surface area contributed by atoms with Crippen LogP contribution in [0.4, 0.5) is 0 Å². The summed E-state index contributed by atoms with van der Waals surface area (Å²) < 4.78 is 10.3. The van der Waals surface area contributed by atoms with E-state index in [1.165, 1.54) is 0 Å². The van der Waals surface area contributed by atoms with Gasteiger partial charge in [-0.25, -0.2) is 4.99 Å². The number of halogens is 1. The molecule has 0 saturated heterocycles. The molecule has 0 fully saturated rings. The molecule has 0 bridgehead atoms. The van der Waals surface area contributed by atoms with Crippen molar-refractivity contribution in [2.75, 3.05) is 6.54 Å². The maximum atomic E-state index is 5.41. The Balaban J connectivity index is 0.00000312. The summed E-state index contributed by atoms with van der Waals surface area (Å²) in [7, 11) is 0. The highest BCUT2D eigenvalue weighted by molar-refractivity contribution is 14.0. The Bertz CT molecular complexity index is 651. The third-order valence-electron chi connectivity index (χ3n) is 3.70. The third kappa shape index (κ3) is 6.63. The van der Waals surface area contributed by atoms with E-state index >= 15 is 0 Å². The quantitative estimate of drug-likeness (QED) is 0.353. The Morgan fingerprint density at radius 1 is 1.16 bits per heavy atom. The Hall–Kier alpha value is -1.65. The summed E-state index contributed by atoms with van der Waals surface area (Å²) in [6.45, 7) is 9.71. The highest BCUT2D eigenvalue weighted by atomic mass is 127. The van der Waals surface area contributed by atoms with Gasteiger partial charge in [0.2, 0.25) is 5.89 Å². The largest absolute Gasteiger partial charge is 0.359 e. The topological polar surface area (TPSA) is 101 Å². The van der Waals surface area contributed by atoms with Crippen LogP contribution in [0.2, 0.25) is 0 Å². The third-order valence-corrected chi connectivity index (χ3v) is 3.70. The van der Waals surface area contributed by atoms with Crippen molar-refractivity contribution in [1.82, 2.24) is 25.9 Å². The van der Waals surface area contributed by atoms with E-state index in [4.69, 9.17) is 9.05 Å². The fourth-order valence-corrected chi connectivity index (χ4v) is 2.38. The minimum absolute atomic E-state index is 0. The molecule has 2 rings (SSSR count). The fraction of sp³-hybridized carbons (Fsp3) is 0.625. The second kappa shape index (κ2) is 11.1. The maximum absolute atomic E-state index is 5.41. The Morgan fingerprint density at radius 2 is 1.92 bits per heavy atom. The molecule has 0 aliphatic rings. The van der Waals surface area contributed by atoms with Gasteiger partial charge >= 0.3 is 0 Å². The number of hydrogen-bond acceptors (Lipinski definition) is 6. The van der Waals surface area contributed by atoms with Crippen LogP contribution in [0.15, 0.2) is 20.1 Å². The van der Waals surface area contributed by atoms with Crippen molar-refractivity contribution >= 4 is 29.9 Å². The molecule has 0 aliphatic carbocycles. The zero-order valence-electron chi connectivity index (χ0n) is 15.2. The van der Waals surface area contributed by atoms with Crippen molar-refractivity contribution < 1.29 is 9.05 Å². The SMILES string of the molecule is CCNC(=NCc1noc(C)n1)NCc1cc(C(CC)CC)no1.I. The van der Waals surface area contributed by atoms with Crippen LogP contribution in [0, 0.1) is 6.92 Å². The number of aryl methyl sites for hydroxylation is 1. The van der Waals surface area contributed by atoms with Gasteiger partial charge in [0, 0.05) is 25.5 Å². The van der Waals surface area contributed by atoms with Gasteiger partial charge in [0.1, 0.15) is 6.54 Å². The molecular formula is C16H27IN6O2. The molecule has 0 spiro atoms. The molecule has 8 nitrogen and oxygen atoms in total. The monoisotopic (exact) mass is 462 g/mol. The van der Waals surface area contributed by atoms with Crippen molar-refractivity contribution in [3.63, 3.8) is 0 Å². The minimum Gasteiger partial charge on any atom is -0.359 e. The summed E-state index contributed by atoms with van der Waals surface area (Å²) in [5, 5.41) is 14.4. The summed E-state index contributed by atoms with van der Waals surface area (Å²) in [5.74, 6) is 3.00. The van der Waals surface area contributed by atoms with E-state index in [2.05, 4.69) is 44.8 Å². The van der Waals surface area contributed by atoms with Crippen LogP contribution in [-0.2, 0) is 13.1 Å². The summed E-state index contributed by atoms with van der Waals surface area (Å²) in [6, 6.07) is 2.01. The second-order valence-electron chi connectivity index (χ2n) is 5.51. The molecular weight excluding hydrogens is 435 g/mol. The number of hydrogen-bond donors (Lipinski definition) is 2. The first-order chi connectivity index (χ1) is 11.7. The summed E-state index contributed by atoms with van der Waals surface area (Å²) in [4.78, 5) is 8.57. The minimum atomic E-state index is 0. The van der Waals surface area contributed by atoms with Crippen LogP contribution in [0.3, 0.4) is 0 Å². The number of guanidine groups is 1. The van der Waals surface area contributed by atoms with Gasteiger partial charge in [-0.3, -0.25) is 0 Å². The van der Waals surface area contributed by atoms with E-state index in [1.54, 1.807) is 6.92 Å². The standard InChI is InChI=1S/C16H26N6O2.HI/c1-5-12(6-2)14-8-13(24-21-14)9-18-16(17-7-3)19-10-15-20-11(4)23-22-15;/h8,12H,5-7,9-10H2,1-4H3,(H2,17,18,19);1H. The fourth-order valence-electron chi connectivity index (χ4n) is 2.38. The summed E-state index contributed by atoms with van der Waals surface area (Å²) in [6.07, 6.45) is 2.12. The van der Waals surface area contributed by atoms with Crippen LogP contribution in [-0.4, -0.2) is 27.8 Å². The van der Waals surface area contributed by atoms with Gasteiger partial charge in [0.05, 0.1) is 12.2 Å². The van der Waals surface area contributed by atoms with Crippen LogP contribution >= 0.6 is 24.0 Å². The number of aliphatic imine (C=N–C) groups is 1. The molecule has 0 unspecified atom stereocenters. The number of nitrogens with zero attached hydrogens (tertiary/aromatic N) is 4. The highest BCUT2D eigenvalue weighted by Crippen LogP contribution is 2.22. The van der Waals surface area contributed by atoms with Gasteiger partial charge in [-0.2, -0.15) is 4.98 Å². The first-order valence-electron chi connectivity index (χ1n) is 8.43. The molecule has 0 atom stereocenters. The molecule has 0 aromatic carbocycles. The smallest absolute Gasteiger partial charge is 0.223 e. The van der Waals surface area contributed by atoms with Crippen LogP contribution in [0.5, 0.6) is 0 Å². The molecule has 2 heterocycles. The zero-order chi connectivity index (χ0) is 17.4. The van der Waals surface area contributed by atoms with Gasteiger partial charge in [-0.05, 0) is 19.8 Å². The molecule has 2 aromatic rings. The lowest BCUT2D eigenvalue weighted by molar-refractivity contribution is 0.368. The summed E-state index contributed by atoms with van der Waals surface area (Å²) in [5.41, 5.74) is 1.01. The number of nitrogens with one attached hydrogen (secondary N) is 2. The van der Waals surface area contributed by atoms with Crippen molar-refractivity contribution in [3.05, 3.63) is 29.2 Å². The molecule has 0 aliphatic heterocycles. The van der Waals surface area contributed by atoms with Gasteiger partial charge in [-0.15, -0.1) is 24.0 Å². The van der Waals surface area contributed by atoms with Crippen molar-refractivity contribution in [1.29, 1.82) is 0 Å². The van der Waals surface area contributed by atoms with Crippen LogP contribution < -0.4 is 10.6 Å². The molecule has 0 amide bonds. The lowest BCUT2D eigenvalue weighted by atomic mass is 9.99. The predicted octanol–water partition coefficient (Wildman–Crippen LogP) is 3.14. The first-order valence-corrected chi connectivity index (χ1v) is 8.43. The van der Waals surface area contributed by atoms with Gasteiger partial charge < -0.3 is 19.7 Å². The number of rotatable bonds is 8. The second-order valence-corrected chi connectivity index (χ2v) is 5.51. The molecule has 9 heteroatoms. The van der Waals surface area contributed by atoms with E-state index < -0.39 is 0 Å². The maximum Gasteiger partial charge on any atom is 0.223 e. The van der Waals surface area contributed by atoms with Gasteiger partial charge in [-0.1, -0.05) is 24.2 Å². The predicted molar refractivity (Wildman–Crippen MR) is 106 cm³/mol.